The van der Waals surface area contributed by atoms with Crippen molar-refractivity contribution in [1.29, 1.82) is 0 Å². The van der Waals surface area contributed by atoms with Gasteiger partial charge in [0.25, 0.3) is 10.0 Å². The van der Waals surface area contributed by atoms with Gasteiger partial charge in [-0.15, -0.1) is 0 Å². The van der Waals surface area contributed by atoms with Crippen LogP contribution in [0.4, 0.5) is 5.69 Å². The van der Waals surface area contributed by atoms with Gasteiger partial charge in [0.1, 0.15) is 5.52 Å². The molecule has 0 atom stereocenters. The van der Waals surface area contributed by atoms with Crippen LogP contribution in [0, 0.1) is 20.8 Å². The quantitative estimate of drug-likeness (QED) is 0.802. The van der Waals surface area contributed by atoms with Crippen LogP contribution in [0.5, 0.6) is 0 Å². The van der Waals surface area contributed by atoms with Crippen molar-refractivity contribution in [1.82, 2.24) is 4.98 Å². The number of nitrogens with one attached hydrogen (secondary N) is 1. The Morgan fingerprint density at radius 3 is 2.36 bits per heavy atom. The van der Waals surface area contributed by atoms with Crippen molar-refractivity contribution in [3.63, 3.8) is 0 Å². The van der Waals surface area contributed by atoms with Gasteiger partial charge in [-0.05, 0) is 55.3 Å². The Morgan fingerprint density at radius 1 is 1.00 bits per heavy atom. The Balaban J connectivity index is 2.00. The topological polar surface area (TPSA) is 72.2 Å². The fourth-order valence-electron chi connectivity index (χ4n) is 2.44. The lowest BCUT2D eigenvalue weighted by Gasteiger charge is -2.09. The number of oxazole rings is 1. The number of nitrogens with zero attached hydrogens (tertiary/aromatic N) is 1. The van der Waals surface area contributed by atoms with Gasteiger partial charge < -0.3 is 4.42 Å². The summed E-state index contributed by atoms with van der Waals surface area (Å²) < 4.78 is 33.0. The molecule has 0 unspecified atom stereocenters. The third-order valence-corrected chi connectivity index (χ3v) is 4.63. The molecule has 0 aliphatic heterocycles. The van der Waals surface area contributed by atoms with Gasteiger partial charge in [-0.25, -0.2) is 13.4 Å². The van der Waals surface area contributed by atoms with E-state index in [-0.39, 0.29) is 4.90 Å². The summed E-state index contributed by atoms with van der Waals surface area (Å²) in [5.74, 6) is 0.506. The van der Waals surface area contributed by atoms with Crippen LogP contribution in [0.15, 0.2) is 45.7 Å². The van der Waals surface area contributed by atoms with E-state index >= 15 is 0 Å². The molecule has 0 bridgehead atoms. The molecule has 0 radical (unpaired) electrons. The molecule has 114 valence electrons. The number of hydrogen-bond donors (Lipinski definition) is 1. The molecule has 2 aromatic carbocycles. The SMILES string of the molecule is Cc1cc(C)cc(NS(=O)(=O)c2ccc3oc(C)nc3c2)c1. The second-order valence-electron chi connectivity index (χ2n) is 5.34. The highest BCUT2D eigenvalue weighted by atomic mass is 32.2. The van der Waals surface area contributed by atoms with E-state index in [1.807, 2.05) is 19.9 Å². The van der Waals surface area contributed by atoms with Crippen LogP contribution in [0.1, 0.15) is 17.0 Å². The molecule has 1 N–H and O–H groups in total. The van der Waals surface area contributed by atoms with Gasteiger partial charge in [-0.2, -0.15) is 0 Å². The van der Waals surface area contributed by atoms with E-state index in [1.165, 1.54) is 12.1 Å². The zero-order chi connectivity index (χ0) is 15.9. The van der Waals surface area contributed by atoms with Gasteiger partial charge in [-0.1, -0.05) is 6.07 Å². The fourth-order valence-corrected chi connectivity index (χ4v) is 3.50. The first-order chi connectivity index (χ1) is 10.3. The van der Waals surface area contributed by atoms with Gasteiger partial charge in [0.15, 0.2) is 11.5 Å². The van der Waals surface area contributed by atoms with Gasteiger partial charge in [0, 0.05) is 12.6 Å². The Kier molecular flexibility index (Phi) is 3.41. The van der Waals surface area contributed by atoms with Crippen LogP contribution in [0.2, 0.25) is 0 Å². The molecule has 3 aromatic rings. The molecule has 0 saturated heterocycles. The first-order valence-electron chi connectivity index (χ1n) is 6.82. The minimum Gasteiger partial charge on any atom is -0.441 e. The average Bonchev–Trinajstić information content (AvgIpc) is 2.75. The van der Waals surface area contributed by atoms with Crippen LogP contribution in [-0.4, -0.2) is 13.4 Å². The fraction of sp³-hybridized carbons (Fsp3) is 0.188. The van der Waals surface area contributed by atoms with E-state index in [4.69, 9.17) is 4.42 Å². The predicted octanol–water partition coefficient (Wildman–Crippen LogP) is 3.55. The largest absolute Gasteiger partial charge is 0.441 e. The molecule has 0 aliphatic carbocycles. The number of aryl methyl sites for hydroxylation is 3. The van der Waals surface area contributed by atoms with Gasteiger partial charge in [0.05, 0.1) is 4.90 Å². The molecule has 22 heavy (non-hydrogen) atoms. The van der Waals surface area contributed by atoms with E-state index in [1.54, 1.807) is 25.1 Å². The van der Waals surface area contributed by atoms with Crippen molar-refractivity contribution < 1.29 is 12.8 Å². The molecular formula is C16H16N2O3S. The van der Waals surface area contributed by atoms with E-state index in [0.717, 1.165) is 11.1 Å². The molecule has 3 rings (SSSR count). The second-order valence-corrected chi connectivity index (χ2v) is 7.03. The molecule has 0 spiro atoms. The Bertz CT molecular complexity index is 938. The van der Waals surface area contributed by atoms with Gasteiger partial charge >= 0.3 is 0 Å². The minimum atomic E-state index is -3.66. The molecule has 0 aliphatic rings. The van der Waals surface area contributed by atoms with Crippen LogP contribution in [0.3, 0.4) is 0 Å². The second kappa shape index (κ2) is 5.14. The lowest BCUT2D eigenvalue weighted by Crippen LogP contribution is -2.13. The Hall–Kier alpha value is -2.34. The smallest absolute Gasteiger partial charge is 0.261 e. The zero-order valence-electron chi connectivity index (χ0n) is 12.5. The maximum Gasteiger partial charge on any atom is 0.261 e. The molecule has 6 heteroatoms. The number of benzene rings is 2. The van der Waals surface area contributed by atoms with E-state index in [2.05, 4.69) is 9.71 Å². The number of aromatic nitrogens is 1. The molecule has 0 fully saturated rings. The predicted molar refractivity (Wildman–Crippen MR) is 85.5 cm³/mol. The van der Waals surface area contributed by atoms with E-state index in [9.17, 15) is 8.42 Å². The van der Waals surface area contributed by atoms with Crippen molar-refractivity contribution >= 4 is 26.8 Å². The monoisotopic (exact) mass is 316 g/mol. The third-order valence-electron chi connectivity index (χ3n) is 3.25. The van der Waals surface area contributed by atoms with Gasteiger partial charge in [0.2, 0.25) is 0 Å². The molecule has 5 nitrogen and oxygen atoms in total. The Labute approximate surface area is 129 Å². The molecule has 0 amide bonds. The zero-order valence-corrected chi connectivity index (χ0v) is 13.4. The maximum absolute atomic E-state index is 12.5. The summed E-state index contributed by atoms with van der Waals surface area (Å²) in [6.07, 6.45) is 0. The summed E-state index contributed by atoms with van der Waals surface area (Å²) in [6.45, 7) is 5.58. The Morgan fingerprint density at radius 2 is 1.68 bits per heavy atom. The van der Waals surface area contributed by atoms with Crippen LogP contribution in [-0.2, 0) is 10.0 Å². The summed E-state index contributed by atoms with van der Waals surface area (Å²) in [6, 6.07) is 10.2. The molecule has 1 aromatic heterocycles. The highest BCUT2D eigenvalue weighted by Gasteiger charge is 2.16. The first kappa shape index (κ1) is 14.6. The standard InChI is InChI=1S/C16H16N2O3S/c1-10-6-11(2)8-13(7-10)18-22(19,20)14-4-5-16-15(9-14)17-12(3)21-16/h4-9,18H,1-3H3. The number of rotatable bonds is 3. The summed E-state index contributed by atoms with van der Waals surface area (Å²) in [7, 11) is -3.66. The lowest BCUT2D eigenvalue weighted by molar-refractivity contribution is 0.561. The number of hydrogen-bond acceptors (Lipinski definition) is 4. The van der Waals surface area contributed by atoms with Gasteiger partial charge in [-0.3, -0.25) is 4.72 Å². The molecule has 1 heterocycles. The summed E-state index contributed by atoms with van der Waals surface area (Å²) in [4.78, 5) is 4.32. The van der Waals surface area contributed by atoms with Crippen molar-refractivity contribution in [2.24, 2.45) is 0 Å². The number of anilines is 1. The normalized spacial score (nSPS) is 11.8. The van der Waals surface area contributed by atoms with E-state index < -0.39 is 10.0 Å². The first-order valence-corrected chi connectivity index (χ1v) is 8.30. The number of sulfonamides is 1. The van der Waals surface area contributed by atoms with Crippen LogP contribution < -0.4 is 4.72 Å². The molecule has 0 saturated carbocycles. The third kappa shape index (κ3) is 2.82. The van der Waals surface area contributed by atoms with Crippen molar-refractivity contribution in [2.75, 3.05) is 4.72 Å². The van der Waals surface area contributed by atoms with Crippen molar-refractivity contribution in [3.05, 3.63) is 53.4 Å². The highest BCUT2D eigenvalue weighted by Crippen LogP contribution is 2.22. The average molecular weight is 316 g/mol. The van der Waals surface area contributed by atoms with Crippen molar-refractivity contribution in [3.8, 4) is 0 Å². The summed E-state index contributed by atoms with van der Waals surface area (Å²) in [5.41, 5.74) is 3.65. The minimum absolute atomic E-state index is 0.160. The highest BCUT2D eigenvalue weighted by molar-refractivity contribution is 7.92. The van der Waals surface area contributed by atoms with Crippen LogP contribution >= 0.6 is 0 Å². The number of fused-ring (bicyclic) bond motifs is 1. The summed E-state index contributed by atoms with van der Waals surface area (Å²) in [5, 5.41) is 0. The maximum atomic E-state index is 12.5. The summed E-state index contributed by atoms with van der Waals surface area (Å²) >= 11 is 0. The lowest BCUT2D eigenvalue weighted by atomic mass is 10.1. The van der Waals surface area contributed by atoms with Crippen molar-refractivity contribution in [2.45, 2.75) is 25.7 Å². The van der Waals surface area contributed by atoms with E-state index in [0.29, 0.717) is 22.7 Å². The van der Waals surface area contributed by atoms with Crippen LogP contribution in [0.25, 0.3) is 11.1 Å². The molecular weight excluding hydrogens is 300 g/mol.